The zero-order valence-corrected chi connectivity index (χ0v) is 13.5. The lowest BCUT2D eigenvalue weighted by atomic mass is 9.98. The maximum Gasteiger partial charge on any atom is 0.416 e. The summed E-state index contributed by atoms with van der Waals surface area (Å²) in [4.78, 5) is 4.47. The molecule has 26 heavy (non-hydrogen) atoms. The molecule has 0 bridgehead atoms. The third kappa shape index (κ3) is 2.90. The maximum absolute atomic E-state index is 13.0. The predicted molar refractivity (Wildman–Crippen MR) is 90.1 cm³/mol. The Kier molecular flexibility index (Phi) is 3.68. The van der Waals surface area contributed by atoms with Crippen LogP contribution in [0.3, 0.4) is 0 Å². The highest BCUT2D eigenvalue weighted by Gasteiger charge is 2.30. The van der Waals surface area contributed by atoms with E-state index in [4.69, 9.17) is 0 Å². The normalized spacial score (nSPS) is 11.8. The van der Waals surface area contributed by atoms with Gasteiger partial charge in [-0.2, -0.15) is 18.4 Å². The van der Waals surface area contributed by atoms with E-state index in [9.17, 15) is 13.2 Å². The Morgan fingerprint density at radius 2 is 1.77 bits per heavy atom. The fourth-order valence-electron chi connectivity index (χ4n) is 2.87. The van der Waals surface area contributed by atoms with Crippen molar-refractivity contribution in [3.05, 3.63) is 59.8 Å². The van der Waals surface area contributed by atoms with Gasteiger partial charge < -0.3 is 0 Å². The van der Waals surface area contributed by atoms with Gasteiger partial charge in [0.1, 0.15) is 0 Å². The topological polar surface area (TPSA) is 67.3 Å². The van der Waals surface area contributed by atoms with Crippen molar-refractivity contribution in [2.75, 3.05) is 0 Å². The lowest BCUT2D eigenvalue weighted by Gasteiger charge is -2.10. The van der Waals surface area contributed by atoms with Gasteiger partial charge in [0.05, 0.1) is 11.1 Å². The summed E-state index contributed by atoms with van der Waals surface area (Å²) < 4.78 is 39.0. The third-order valence-electron chi connectivity index (χ3n) is 4.05. The highest BCUT2D eigenvalue weighted by Crippen LogP contribution is 2.34. The molecular formula is C18H12F3N5. The fraction of sp³-hybridized carbons (Fsp3) is 0.111. The number of pyridine rings is 1. The van der Waals surface area contributed by atoms with Crippen LogP contribution in [0.1, 0.15) is 11.3 Å². The minimum absolute atomic E-state index is 0.404. The molecule has 8 heteroatoms. The lowest BCUT2D eigenvalue weighted by molar-refractivity contribution is -0.137. The van der Waals surface area contributed by atoms with E-state index < -0.39 is 11.7 Å². The molecule has 0 radical (unpaired) electrons. The largest absolute Gasteiger partial charge is 0.416 e. The number of hydrogen-bond donors (Lipinski definition) is 1. The molecule has 2 aromatic heterocycles. The Morgan fingerprint density at radius 1 is 0.962 bits per heavy atom. The number of benzene rings is 2. The van der Waals surface area contributed by atoms with E-state index in [2.05, 4.69) is 25.6 Å². The summed E-state index contributed by atoms with van der Waals surface area (Å²) in [5, 5.41) is 14.7. The number of H-pyrrole nitrogens is 1. The number of fused-ring (bicyclic) bond motifs is 1. The monoisotopic (exact) mass is 355 g/mol. The van der Waals surface area contributed by atoms with Crippen molar-refractivity contribution in [3.8, 4) is 22.5 Å². The molecular weight excluding hydrogens is 343 g/mol. The summed E-state index contributed by atoms with van der Waals surface area (Å²) >= 11 is 0. The van der Waals surface area contributed by atoms with Crippen LogP contribution in [0.25, 0.3) is 33.4 Å². The number of tetrazole rings is 1. The molecule has 0 saturated heterocycles. The van der Waals surface area contributed by atoms with Crippen molar-refractivity contribution in [2.24, 2.45) is 0 Å². The van der Waals surface area contributed by atoms with Crippen molar-refractivity contribution in [2.45, 2.75) is 13.1 Å². The van der Waals surface area contributed by atoms with Crippen LogP contribution in [0.4, 0.5) is 13.2 Å². The average molecular weight is 355 g/mol. The highest BCUT2D eigenvalue weighted by molar-refractivity contribution is 5.95. The molecule has 0 aliphatic heterocycles. The molecule has 0 amide bonds. The predicted octanol–water partition coefficient (Wildman–Crippen LogP) is 4.41. The van der Waals surface area contributed by atoms with Gasteiger partial charge in [-0.05, 0) is 53.6 Å². The SMILES string of the molecule is Cc1cc(-c2nn[nH]n2)c2cc(-c3cccc(C(F)(F)F)c3)ccc2n1. The molecule has 2 heterocycles. The number of alkyl halides is 3. The molecule has 0 spiro atoms. The van der Waals surface area contributed by atoms with E-state index in [1.165, 1.54) is 6.07 Å². The highest BCUT2D eigenvalue weighted by atomic mass is 19.4. The van der Waals surface area contributed by atoms with Gasteiger partial charge in [-0.15, -0.1) is 10.2 Å². The summed E-state index contributed by atoms with van der Waals surface area (Å²) in [7, 11) is 0. The Bertz CT molecular complexity index is 1090. The second kappa shape index (κ2) is 5.91. The standard InChI is InChI=1S/C18H12F3N5/c1-10-7-15(17-23-25-26-24-17)14-9-12(5-6-16(14)22-10)11-3-2-4-13(8-11)18(19,20)21/h2-9H,1H3,(H,23,24,25,26). The van der Waals surface area contributed by atoms with E-state index in [0.717, 1.165) is 28.8 Å². The molecule has 5 nitrogen and oxygen atoms in total. The molecule has 130 valence electrons. The third-order valence-corrected chi connectivity index (χ3v) is 4.05. The van der Waals surface area contributed by atoms with E-state index in [1.807, 2.05) is 13.0 Å². The number of aromatic amines is 1. The summed E-state index contributed by atoms with van der Waals surface area (Å²) in [5.74, 6) is 0.404. The van der Waals surface area contributed by atoms with Gasteiger partial charge in [0, 0.05) is 16.6 Å². The Hall–Kier alpha value is -3.29. The Labute approximate surface area is 145 Å². The average Bonchev–Trinajstić information content (AvgIpc) is 3.14. The van der Waals surface area contributed by atoms with Crippen LogP contribution in [0.2, 0.25) is 0 Å². The molecule has 4 aromatic rings. The number of rotatable bonds is 2. The van der Waals surface area contributed by atoms with Crippen LogP contribution >= 0.6 is 0 Å². The molecule has 2 aromatic carbocycles. The molecule has 1 N–H and O–H groups in total. The van der Waals surface area contributed by atoms with E-state index in [-0.39, 0.29) is 0 Å². The van der Waals surface area contributed by atoms with E-state index >= 15 is 0 Å². The van der Waals surface area contributed by atoms with Gasteiger partial charge in [-0.3, -0.25) is 4.98 Å². The number of nitrogens with one attached hydrogen (secondary N) is 1. The second-order valence-corrected chi connectivity index (χ2v) is 5.86. The van der Waals surface area contributed by atoms with Crippen LogP contribution < -0.4 is 0 Å². The van der Waals surface area contributed by atoms with Gasteiger partial charge in [-0.25, -0.2) is 0 Å². The number of aryl methyl sites for hydroxylation is 1. The first-order valence-corrected chi connectivity index (χ1v) is 7.75. The number of halogens is 3. The number of nitrogens with zero attached hydrogens (tertiary/aromatic N) is 4. The van der Waals surface area contributed by atoms with E-state index in [1.54, 1.807) is 24.3 Å². The van der Waals surface area contributed by atoms with Crippen LogP contribution in [0, 0.1) is 6.92 Å². The van der Waals surface area contributed by atoms with Crippen LogP contribution in [-0.4, -0.2) is 25.6 Å². The van der Waals surface area contributed by atoms with Crippen LogP contribution in [0.5, 0.6) is 0 Å². The van der Waals surface area contributed by atoms with Gasteiger partial charge in [-0.1, -0.05) is 18.2 Å². The summed E-state index contributed by atoms with van der Waals surface area (Å²) in [6.45, 7) is 1.85. The molecule has 0 saturated carbocycles. The first-order chi connectivity index (χ1) is 12.4. The van der Waals surface area contributed by atoms with Crippen molar-refractivity contribution >= 4 is 10.9 Å². The van der Waals surface area contributed by atoms with Gasteiger partial charge >= 0.3 is 6.18 Å². The lowest BCUT2D eigenvalue weighted by Crippen LogP contribution is -2.04. The van der Waals surface area contributed by atoms with Crippen molar-refractivity contribution in [3.63, 3.8) is 0 Å². The minimum Gasteiger partial charge on any atom is -0.253 e. The zero-order valence-electron chi connectivity index (χ0n) is 13.5. The molecule has 0 unspecified atom stereocenters. The zero-order chi connectivity index (χ0) is 18.3. The van der Waals surface area contributed by atoms with Gasteiger partial charge in [0.2, 0.25) is 5.82 Å². The quantitative estimate of drug-likeness (QED) is 0.578. The molecule has 0 fully saturated rings. The second-order valence-electron chi connectivity index (χ2n) is 5.86. The number of hydrogen-bond acceptors (Lipinski definition) is 4. The Balaban J connectivity index is 1.91. The molecule has 4 rings (SSSR count). The maximum atomic E-state index is 13.0. The minimum atomic E-state index is -4.39. The van der Waals surface area contributed by atoms with Crippen molar-refractivity contribution < 1.29 is 13.2 Å². The summed E-state index contributed by atoms with van der Waals surface area (Å²) in [5.41, 5.74) is 2.65. The van der Waals surface area contributed by atoms with E-state index in [0.29, 0.717) is 22.5 Å². The van der Waals surface area contributed by atoms with Crippen molar-refractivity contribution in [1.82, 2.24) is 25.6 Å². The summed E-state index contributed by atoms with van der Waals surface area (Å²) in [6, 6.07) is 12.4. The first kappa shape index (κ1) is 16.2. The fourth-order valence-corrected chi connectivity index (χ4v) is 2.87. The van der Waals surface area contributed by atoms with Crippen LogP contribution in [0.15, 0.2) is 48.5 Å². The Morgan fingerprint density at radius 3 is 2.50 bits per heavy atom. The first-order valence-electron chi connectivity index (χ1n) is 7.75. The smallest absolute Gasteiger partial charge is 0.253 e. The number of aromatic nitrogens is 5. The van der Waals surface area contributed by atoms with Crippen LogP contribution in [-0.2, 0) is 6.18 Å². The van der Waals surface area contributed by atoms with Gasteiger partial charge in [0.25, 0.3) is 0 Å². The van der Waals surface area contributed by atoms with Gasteiger partial charge in [0.15, 0.2) is 0 Å². The molecule has 0 atom stereocenters. The molecule has 0 aliphatic carbocycles. The molecule has 0 aliphatic rings. The summed E-state index contributed by atoms with van der Waals surface area (Å²) in [6.07, 6.45) is -4.39. The van der Waals surface area contributed by atoms with Crippen molar-refractivity contribution in [1.29, 1.82) is 0 Å².